The van der Waals surface area contributed by atoms with Crippen LogP contribution in [0.2, 0.25) is 0 Å². The summed E-state index contributed by atoms with van der Waals surface area (Å²) in [6, 6.07) is 13.9. The summed E-state index contributed by atoms with van der Waals surface area (Å²) in [5, 5.41) is 2.29. The van der Waals surface area contributed by atoms with Gasteiger partial charge in [-0.15, -0.1) is 0 Å². The van der Waals surface area contributed by atoms with Gasteiger partial charge in [-0.25, -0.2) is 4.79 Å². The van der Waals surface area contributed by atoms with Gasteiger partial charge in [0.05, 0.1) is 10.9 Å². The van der Waals surface area contributed by atoms with Gasteiger partial charge in [-0.05, 0) is 35.6 Å². The van der Waals surface area contributed by atoms with Crippen LogP contribution in [-0.4, -0.2) is 38.5 Å². The van der Waals surface area contributed by atoms with E-state index in [4.69, 9.17) is 5.73 Å². The summed E-state index contributed by atoms with van der Waals surface area (Å²) < 4.78 is 1.34. The Balaban J connectivity index is 1.56. The average Bonchev–Trinajstić information content (AvgIpc) is 3.31. The average molecular weight is 565 g/mol. The molecule has 202 valence electrons. The second-order valence-corrected chi connectivity index (χ2v) is 12.9. The second kappa shape index (κ2) is 9.80. The highest BCUT2D eigenvalue weighted by atomic mass is 32.2. The molecule has 3 aromatic rings. The van der Waals surface area contributed by atoms with Crippen LogP contribution in [0.3, 0.4) is 0 Å². The molecule has 39 heavy (non-hydrogen) atoms. The summed E-state index contributed by atoms with van der Waals surface area (Å²) in [5.41, 5.74) is 8.76. The van der Waals surface area contributed by atoms with Gasteiger partial charge >= 0.3 is 10.9 Å². The summed E-state index contributed by atoms with van der Waals surface area (Å²) in [6.45, 7) is 7.94. The minimum atomic E-state index is -1.12. The molecule has 0 bridgehead atoms. The van der Waals surface area contributed by atoms with Crippen LogP contribution in [0.4, 0.5) is 10.5 Å². The fourth-order valence-corrected chi connectivity index (χ4v) is 7.78. The second-order valence-electron chi connectivity index (χ2n) is 10.8. The van der Waals surface area contributed by atoms with Gasteiger partial charge in [-0.1, -0.05) is 85.8 Å². The lowest BCUT2D eigenvalue weighted by Gasteiger charge is -2.31. The van der Waals surface area contributed by atoms with Crippen molar-refractivity contribution < 1.29 is 19.2 Å². The van der Waals surface area contributed by atoms with Crippen LogP contribution in [0.25, 0.3) is 0 Å². The zero-order valence-corrected chi connectivity index (χ0v) is 23.5. The third-order valence-corrected chi connectivity index (χ3v) is 9.65. The van der Waals surface area contributed by atoms with Crippen molar-refractivity contribution in [3.63, 3.8) is 0 Å². The SMILES string of the molecule is Cc1ccc(NC(=O)Cn2c3c(sc2=O)[C@@H](c2ccc(C(C)(C)C)cc2)[C@H]2C(=O)N(C(N)=O)C(=O)[C@H]2S3)cc1. The van der Waals surface area contributed by atoms with E-state index in [1.807, 2.05) is 43.3 Å². The molecule has 0 unspecified atom stereocenters. The van der Waals surface area contributed by atoms with Crippen LogP contribution in [0.1, 0.15) is 48.3 Å². The van der Waals surface area contributed by atoms with Crippen LogP contribution in [-0.2, 0) is 26.3 Å². The summed E-state index contributed by atoms with van der Waals surface area (Å²) in [5.74, 6) is -3.34. The van der Waals surface area contributed by atoms with E-state index in [0.29, 0.717) is 20.5 Å². The van der Waals surface area contributed by atoms with Crippen LogP contribution in [0, 0.1) is 12.8 Å². The maximum Gasteiger partial charge on any atom is 0.328 e. The Hall–Kier alpha value is -3.70. The lowest BCUT2D eigenvalue weighted by Crippen LogP contribution is -2.41. The molecule has 0 aliphatic carbocycles. The molecule has 1 saturated heterocycles. The number of likely N-dealkylation sites (tertiary alicyclic amines) is 1. The number of carbonyl (C=O) groups is 4. The number of hydrogen-bond acceptors (Lipinski definition) is 7. The smallest absolute Gasteiger partial charge is 0.328 e. The molecule has 3 N–H and O–H groups in total. The van der Waals surface area contributed by atoms with E-state index < -0.39 is 40.8 Å². The number of aryl methyl sites for hydroxylation is 1. The third-order valence-electron chi connectivity index (χ3n) is 7.04. The van der Waals surface area contributed by atoms with Gasteiger partial charge in [0.2, 0.25) is 11.8 Å². The summed E-state index contributed by atoms with van der Waals surface area (Å²) in [4.78, 5) is 65.4. The highest BCUT2D eigenvalue weighted by Crippen LogP contribution is 2.53. The number of primary amides is 1. The van der Waals surface area contributed by atoms with Crippen molar-refractivity contribution in [3.05, 3.63) is 79.8 Å². The number of imide groups is 3. The molecule has 1 fully saturated rings. The van der Waals surface area contributed by atoms with Gasteiger partial charge in [-0.3, -0.25) is 23.7 Å². The summed E-state index contributed by atoms with van der Waals surface area (Å²) in [7, 11) is 0. The van der Waals surface area contributed by atoms with E-state index in [0.717, 1.165) is 39.8 Å². The molecule has 3 heterocycles. The zero-order chi connectivity index (χ0) is 28.2. The predicted octanol–water partition coefficient (Wildman–Crippen LogP) is 3.82. The van der Waals surface area contributed by atoms with Gasteiger partial charge in [0.1, 0.15) is 11.8 Å². The van der Waals surface area contributed by atoms with Crippen LogP contribution in [0.5, 0.6) is 0 Å². The molecular weight excluding hydrogens is 536 g/mol. The number of thiazole rings is 1. The first-order valence-electron chi connectivity index (χ1n) is 12.4. The number of hydrogen-bond donors (Lipinski definition) is 2. The summed E-state index contributed by atoms with van der Waals surface area (Å²) >= 11 is 1.99. The Labute approximate surface area is 233 Å². The Morgan fingerprint density at radius 1 is 0.974 bits per heavy atom. The van der Waals surface area contributed by atoms with Crippen molar-refractivity contribution in [2.45, 2.75) is 55.8 Å². The minimum Gasteiger partial charge on any atom is -0.351 e. The molecular formula is C28H28N4O5S2. The van der Waals surface area contributed by atoms with E-state index in [9.17, 15) is 24.0 Å². The number of nitrogens with two attached hydrogens (primary N) is 1. The highest BCUT2D eigenvalue weighted by molar-refractivity contribution is 8.00. The molecule has 5 rings (SSSR count). The van der Waals surface area contributed by atoms with Gasteiger partial charge in [-0.2, -0.15) is 4.90 Å². The molecule has 5 amide bonds. The number of rotatable bonds is 4. The molecule has 9 nitrogen and oxygen atoms in total. The van der Waals surface area contributed by atoms with Gasteiger partial charge < -0.3 is 11.1 Å². The maximum absolute atomic E-state index is 13.4. The first-order chi connectivity index (χ1) is 18.4. The molecule has 2 aliphatic heterocycles. The van der Waals surface area contributed by atoms with Gasteiger partial charge in [0.25, 0.3) is 5.91 Å². The van der Waals surface area contributed by atoms with E-state index in [1.54, 1.807) is 12.1 Å². The molecule has 0 saturated carbocycles. The largest absolute Gasteiger partial charge is 0.351 e. The number of nitrogens with one attached hydrogen (secondary N) is 1. The highest BCUT2D eigenvalue weighted by Gasteiger charge is 2.57. The maximum atomic E-state index is 13.4. The molecule has 11 heteroatoms. The van der Waals surface area contributed by atoms with E-state index in [2.05, 4.69) is 26.1 Å². The van der Waals surface area contributed by atoms with Crippen LogP contribution < -0.4 is 15.9 Å². The van der Waals surface area contributed by atoms with Crippen molar-refractivity contribution >= 4 is 52.5 Å². The van der Waals surface area contributed by atoms with Crippen molar-refractivity contribution in [2.75, 3.05) is 5.32 Å². The van der Waals surface area contributed by atoms with Crippen LogP contribution >= 0.6 is 23.1 Å². The van der Waals surface area contributed by atoms with Gasteiger partial charge in [0, 0.05) is 16.5 Å². The number of nitrogens with zero attached hydrogens (tertiary/aromatic N) is 2. The molecule has 2 aromatic carbocycles. The fraction of sp³-hybridized carbons (Fsp3) is 0.321. The van der Waals surface area contributed by atoms with E-state index >= 15 is 0 Å². The molecule has 3 atom stereocenters. The first kappa shape index (κ1) is 26.9. The Kier molecular flexibility index (Phi) is 6.76. The Morgan fingerprint density at radius 3 is 2.21 bits per heavy atom. The Morgan fingerprint density at radius 2 is 1.62 bits per heavy atom. The number of thioether (sulfide) groups is 1. The third kappa shape index (κ3) is 4.80. The monoisotopic (exact) mass is 564 g/mol. The number of carbonyl (C=O) groups excluding carboxylic acids is 4. The first-order valence-corrected chi connectivity index (χ1v) is 14.1. The molecule has 0 radical (unpaired) electrons. The molecule has 2 aliphatic rings. The van der Waals surface area contributed by atoms with Crippen molar-refractivity contribution in [1.82, 2.24) is 9.47 Å². The predicted molar refractivity (Wildman–Crippen MR) is 150 cm³/mol. The Bertz CT molecular complexity index is 1550. The number of urea groups is 1. The number of amides is 5. The van der Waals surface area contributed by atoms with Crippen molar-refractivity contribution in [1.29, 1.82) is 0 Å². The number of aromatic nitrogens is 1. The standard InChI is InChI=1S/C28H28N4O5S2/c1-14-5-11-17(12-6-14)30-18(33)13-31-25-22(39-27(31)37)19(15-7-9-16(10-8-15)28(2,3)4)20-21(38-25)24(35)32(23(20)34)26(29)36/h5-12,19-21H,13H2,1-4H3,(H2,29,36)(H,30,33)/t19-,20+,21-/m0/s1. The van der Waals surface area contributed by atoms with E-state index in [1.165, 1.54) is 4.57 Å². The normalized spacial score (nSPS) is 20.5. The summed E-state index contributed by atoms with van der Waals surface area (Å²) in [6.07, 6.45) is 0. The van der Waals surface area contributed by atoms with Crippen molar-refractivity contribution in [2.24, 2.45) is 11.7 Å². The van der Waals surface area contributed by atoms with E-state index in [-0.39, 0.29) is 16.8 Å². The van der Waals surface area contributed by atoms with Gasteiger partial charge in [0.15, 0.2) is 0 Å². The van der Waals surface area contributed by atoms with Crippen molar-refractivity contribution in [3.8, 4) is 0 Å². The quantitative estimate of drug-likeness (QED) is 0.463. The zero-order valence-electron chi connectivity index (χ0n) is 21.9. The molecule has 1 aromatic heterocycles. The fourth-order valence-electron chi connectivity index (χ4n) is 5.00. The minimum absolute atomic E-state index is 0.102. The number of anilines is 1. The topological polar surface area (TPSA) is 132 Å². The number of fused-ring (bicyclic) bond motifs is 2. The lowest BCUT2D eigenvalue weighted by molar-refractivity contribution is -0.135. The number of benzene rings is 2. The lowest BCUT2D eigenvalue weighted by atomic mass is 9.81. The van der Waals surface area contributed by atoms with Crippen LogP contribution in [0.15, 0.2) is 58.4 Å². The molecule has 0 spiro atoms.